The fraction of sp³-hybridized carbons (Fsp3) is 0.348. The number of nitrogens with zero attached hydrogens (tertiary/aromatic N) is 6. The Kier molecular flexibility index (Phi) is 7.21. The number of aromatic nitrogens is 4. The number of alkyl halides is 2. The number of aliphatic imine (C=N–C) groups is 2. The Morgan fingerprint density at radius 3 is 2.79 bits per heavy atom. The van der Waals surface area contributed by atoms with Gasteiger partial charge in [0.25, 0.3) is 5.95 Å². The van der Waals surface area contributed by atoms with Crippen molar-refractivity contribution in [2.75, 3.05) is 20.3 Å². The molecule has 3 aromatic rings. The van der Waals surface area contributed by atoms with Crippen LogP contribution >= 0.6 is 0 Å². The lowest BCUT2D eigenvalue weighted by molar-refractivity contribution is -0.0498. The second kappa shape index (κ2) is 10.5. The first-order valence-electron chi connectivity index (χ1n) is 10.7. The Balaban J connectivity index is 1.65. The molecule has 0 unspecified atom stereocenters. The first-order chi connectivity index (χ1) is 16.5. The molecule has 0 atom stereocenters. The molecule has 2 aromatic heterocycles. The van der Waals surface area contributed by atoms with E-state index in [-0.39, 0.29) is 11.7 Å². The van der Waals surface area contributed by atoms with Gasteiger partial charge < -0.3 is 15.2 Å². The zero-order valence-corrected chi connectivity index (χ0v) is 18.9. The molecule has 0 fully saturated rings. The van der Waals surface area contributed by atoms with E-state index < -0.39 is 6.61 Å². The molecule has 0 radical (unpaired) electrons. The molecular formula is C23H25F2N7O2. The van der Waals surface area contributed by atoms with E-state index in [0.717, 1.165) is 46.6 Å². The van der Waals surface area contributed by atoms with Crippen LogP contribution in [0.5, 0.6) is 5.75 Å². The molecule has 34 heavy (non-hydrogen) atoms. The molecule has 2 N–H and O–H groups in total. The Labute approximate surface area is 195 Å². The average Bonchev–Trinajstić information content (AvgIpc) is 3.15. The van der Waals surface area contributed by atoms with Gasteiger partial charge in [-0.3, -0.25) is 9.67 Å². The van der Waals surface area contributed by atoms with Gasteiger partial charge in [-0.2, -0.15) is 18.9 Å². The van der Waals surface area contributed by atoms with Crippen LogP contribution in [0, 0.1) is 0 Å². The predicted octanol–water partition coefficient (Wildman–Crippen LogP) is 3.34. The number of rotatable bonds is 9. The van der Waals surface area contributed by atoms with Crippen molar-refractivity contribution >= 4 is 18.0 Å². The van der Waals surface area contributed by atoms with Crippen molar-refractivity contribution in [3.63, 3.8) is 0 Å². The van der Waals surface area contributed by atoms with Crippen LogP contribution in [-0.4, -0.2) is 58.7 Å². The molecule has 2 heterocycles. The molecule has 0 amide bonds. The molecule has 9 nitrogen and oxygen atoms in total. The van der Waals surface area contributed by atoms with Crippen LogP contribution in [0.2, 0.25) is 0 Å². The molecular weight excluding hydrogens is 444 g/mol. The number of ether oxygens (including phenoxy) is 2. The molecule has 0 saturated heterocycles. The molecule has 0 spiro atoms. The second-order valence-corrected chi connectivity index (χ2v) is 7.63. The standard InChI is InChI=1S/C23H25F2N7O2/c1-32-21(14-3-6-16(7-4-14)34-22(24)25)19-17(31-32)8-5-15-13-28-23(30-20(15)19)29-18(26)9-10-27-11-12-33-2/h3-4,6-7,10,13,22H,5,8-9,11-12H2,1-2H3,(H2,26,28,29,30). The smallest absolute Gasteiger partial charge is 0.387 e. The Morgan fingerprint density at radius 1 is 1.26 bits per heavy atom. The third kappa shape index (κ3) is 5.25. The van der Waals surface area contributed by atoms with Crippen molar-refractivity contribution in [1.29, 1.82) is 0 Å². The summed E-state index contributed by atoms with van der Waals surface area (Å²) in [5.74, 6) is 0.693. The summed E-state index contributed by atoms with van der Waals surface area (Å²) < 4.78 is 36.2. The van der Waals surface area contributed by atoms with Crippen LogP contribution in [0.15, 0.2) is 40.4 Å². The maximum atomic E-state index is 12.5. The monoisotopic (exact) mass is 469 g/mol. The van der Waals surface area contributed by atoms with E-state index in [0.29, 0.717) is 25.4 Å². The van der Waals surface area contributed by atoms with Crippen LogP contribution in [-0.2, 0) is 24.6 Å². The van der Waals surface area contributed by atoms with Gasteiger partial charge in [0.05, 0.1) is 30.2 Å². The van der Waals surface area contributed by atoms with Crippen LogP contribution in [0.3, 0.4) is 0 Å². The van der Waals surface area contributed by atoms with Crippen molar-refractivity contribution in [3.05, 3.63) is 41.7 Å². The minimum atomic E-state index is -2.87. The van der Waals surface area contributed by atoms with Crippen LogP contribution in [0.25, 0.3) is 22.5 Å². The first kappa shape index (κ1) is 23.4. The van der Waals surface area contributed by atoms with E-state index in [1.807, 2.05) is 7.05 Å². The summed E-state index contributed by atoms with van der Waals surface area (Å²) in [5, 5.41) is 4.67. The molecule has 4 rings (SSSR count). The highest BCUT2D eigenvalue weighted by atomic mass is 19.3. The van der Waals surface area contributed by atoms with Crippen molar-refractivity contribution in [2.24, 2.45) is 22.8 Å². The lowest BCUT2D eigenvalue weighted by atomic mass is 9.91. The number of hydrogen-bond donors (Lipinski definition) is 1. The van der Waals surface area contributed by atoms with Gasteiger partial charge in [-0.15, -0.1) is 0 Å². The lowest BCUT2D eigenvalue weighted by Crippen LogP contribution is -2.12. The van der Waals surface area contributed by atoms with Crippen LogP contribution < -0.4 is 10.5 Å². The van der Waals surface area contributed by atoms with E-state index in [2.05, 4.69) is 29.8 Å². The normalized spacial score (nSPS) is 13.4. The first-order valence-corrected chi connectivity index (χ1v) is 10.7. The Morgan fingerprint density at radius 2 is 2.06 bits per heavy atom. The van der Waals surface area contributed by atoms with Gasteiger partial charge in [-0.05, 0) is 42.7 Å². The number of fused-ring (bicyclic) bond motifs is 3. The van der Waals surface area contributed by atoms with E-state index in [1.165, 1.54) is 12.1 Å². The highest BCUT2D eigenvalue weighted by molar-refractivity contribution is 5.94. The van der Waals surface area contributed by atoms with Crippen LogP contribution in [0.1, 0.15) is 17.7 Å². The molecule has 0 aliphatic heterocycles. The summed E-state index contributed by atoms with van der Waals surface area (Å²) >= 11 is 0. The van der Waals surface area contributed by atoms with Gasteiger partial charge in [0, 0.05) is 44.1 Å². The molecule has 0 saturated carbocycles. The van der Waals surface area contributed by atoms with Crippen molar-refractivity contribution in [3.8, 4) is 28.3 Å². The van der Waals surface area contributed by atoms with Gasteiger partial charge in [-0.25, -0.2) is 9.97 Å². The molecule has 1 aromatic carbocycles. The zero-order chi connectivity index (χ0) is 24.1. The average molecular weight is 469 g/mol. The SMILES string of the molecule is COCCN=CCC(N)=Nc1ncc2c(n1)-c1c(nn(C)c1-c1ccc(OC(F)F)cc1)CC2. The minimum Gasteiger partial charge on any atom is -0.435 e. The number of methoxy groups -OCH3 is 1. The molecule has 178 valence electrons. The Bertz CT molecular complexity index is 1210. The van der Waals surface area contributed by atoms with Crippen molar-refractivity contribution in [2.45, 2.75) is 25.9 Å². The van der Waals surface area contributed by atoms with E-state index >= 15 is 0 Å². The fourth-order valence-electron chi connectivity index (χ4n) is 3.80. The van der Waals surface area contributed by atoms with Gasteiger partial charge in [0.15, 0.2) is 0 Å². The summed E-state index contributed by atoms with van der Waals surface area (Å²) in [6, 6.07) is 6.47. The predicted molar refractivity (Wildman–Crippen MR) is 125 cm³/mol. The van der Waals surface area contributed by atoms with Gasteiger partial charge in [0.1, 0.15) is 11.6 Å². The van der Waals surface area contributed by atoms with Gasteiger partial charge >= 0.3 is 6.61 Å². The summed E-state index contributed by atoms with van der Waals surface area (Å²) in [4.78, 5) is 17.6. The molecule has 1 aliphatic carbocycles. The Hall–Kier alpha value is -3.73. The molecule has 0 bridgehead atoms. The summed E-state index contributed by atoms with van der Waals surface area (Å²) in [5.41, 5.74) is 11.2. The summed E-state index contributed by atoms with van der Waals surface area (Å²) in [6.45, 7) is -1.78. The highest BCUT2D eigenvalue weighted by Gasteiger charge is 2.27. The number of halogens is 2. The summed E-state index contributed by atoms with van der Waals surface area (Å²) in [7, 11) is 3.47. The second-order valence-electron chi connectivity index (χ2n) is 7.63. The van der Waals surface area contributed by atoms with Gasteiger partial charge in [0.2, 0.25) is 0 Å². The third-order valence-electron chi connectivity index (χ3n) is 5.29. The van der Waals surface area contributed by atoms with E-state index in [4.69, 9.17) is 10.5 Å². The van der Waals surface area contributed by atoms with Crippen molar-refractivity contribution < 1.29 is 18.3 Å². The number of nitrogens with two attached hydrogens (primary N) is 1. The van der Waals surface area contributed by atoms with Crippen molar-refractivity contribution in [1.82, 2.24) is 19.7 Å². The maximum Gasteiger partial charge on any atom is 0.387 e. The minimum absolute atomic E-state index is 0.0929. The number of aryl methyl sites for hydroxylation is 3. The summed E-state index contributed by atoms with van der Waals surface area (Å²) in [6.07, 6.45) is 5.33. The topological polar surface area (TPSA) is 113 Å². The van der Waals surface area contributed by atoms with E-state index in [1.54, 1.807) is 36.3 Å². The van der Waals surface area contributed by atoms with Crippen LogP contribution in [0.4, 0.5) is 14.7 Å². The number of benzene rings is 1. The largest absolute Gasteiger partial charge is 0.435 e. The third-order valence-corrected chi connectivity index (χ3v) is 5.29. The number of hydrogen-bond acceptors (Lipinski definition) is 7. The maximum absolute atomic E-state index is 12.5. The zero-order valence-electron chi connectivity index (χ0n) is 18.9. The molecule has 1 aliphatic rings. The quantitative estimate of drug-likeness (QED) is 0.292. The van der Waals surface area contributed by atoms with Gasteiger partial charge in [-0.1, -0.05) is 0 Å². The lowest BCUT2D eigenvalue weighted by Gasteiger charge is -2.16. The van der Waals surface area contributed by atoms with E-state index in [9.17, 15) is 8.78 Å². The molecule has 11 heteroatoms. The fourth-order valence-corrected chi connectivity index (χ4v) is 3.80. The highest BCUT2D eigenvalue weighted by Crippen LogP contribution is 2.40. The number of amidine groups is 1.